The summed E-state index contributed by atoms with van der Waals surface area (Å²) in [6, 6.07) is 8.73. The van der Waals surface area contributed by atoms with Gasteiger partial charge in [-0.25, -0.2) is 4.79 Å². The van der Waals surface area contributed by atoms with Crippen molar-refractivity contribution in [3.05, 3.63) is 48.4 Å². The second-order valence-electron chi connectivity index (χ2n) is 4.58. The summed E-state index contributed by atoms with van der Waals surface area (Å²) < 4.78 is 0. The molecule has 0 spiro atoms. The van der Waals surface area contributed by atoms with Crippen LogP contribution in [-0.4, -0.2) is 28.7 Å². The highest BCUT2D eigenvalue weighted by molar-refractivity contribution is 6.47. The van der Waals surface area contributed by atoms with Crippen molar-refractivity contribution in [2.75, 3.05) is 0 Å². The average molecular weight is 266 g/mol. The molecule has 0 saturated carbocycles. The Balaban J connectivity index is 0.000000555. The molecular formula is C13H19BO5. The molecule has 0 atom stereocenters. The number of carbonyl (C=O) groups excluding carboxylic acids is 1. The molecule has 0 aliphatic rings. The van der Waals surface area contributed by atoms with Crippen molar-refractivity contribution in [3.63, 3.8) is 0 Å². The normalized spacial score (nSPS) is 9.95. The minimum Gasteiger partial charge on any atom is -0.424 e. The van der Waals surface area contributed by atoms with Gasteiger partial charge in [-0.2, -0.15) is 4.89 Å². The summed E-state index contributed by atoms with van der Waals surface area (Å²) in [4.78, 5) is 20.9. The first-order chi connectivity index (χ1) is 8.76. The highest BCUT2D eigenvalue weighted by Gasteiger charge is 2.15. The zero-order valence-electron chi connectivity index (χ0n) is 11.4. The molecule has 5 nitrogen and oxygen atoms in total. The van der Waals surface area contributed by atoms with E-state index >= 15 is 0 Å². The Kier molecular flexibility index (Phi) is 7.75. The van der Waals surface area contributed by atoms with Crippen molar-refractivity contribution in [1.82, 2.24) is 0 Å². The zero-order chi connectivity index (χ0) is 14.9. The van der Waals surface area contributed by atoms with E-state index in [2.05, 4.69) is 11.5 Å². The Hall–Kier alpha value is -1.63. The molecule has 0 aliphatic heterocycles. The third-order valence-electron chi connectivity index (χ3n) is 1.59. The van der Waals surface area contributed by atoms with Crippen LogP contribution in [0.15, 0.2) is 42.9 Å². The number of rotatable bonds is 3. The van der Waals surface area contributed by atoms with E-state index in [1.807, 2.05) is 26.8 Å². The van der Waals surface area contributed by atoms with Gasteiger partial charge < -0.3 is 10.0 Å². The van der Waals surface area contributed by atoms with Crippen LogP contribution in [0.2, 0.25) is 0 Å². The van der Waals surface area contributed by atoms with Gasteiger partial charge in [0.05, 0.1) is 5.56 Å². The van der Waals surface area contributed by atoms with E-state index in [9.17, 15) is 4.79 Å². The number of benzene rings is 1. The molecule has 0 unspecified atom stereocenters. The monoisotopic (exact) mass is 266 g/mol. The van der Waals surface area contributed by atoms with E-state index in [1.54, 1.807) is 24.3 Å². The summed E-state index contributed by atoms with van der Waals surface area (Å²) in [6.07, 6.45) is 0. The smallest absolute Gasteiger partial charge is 0.424 e. The van der Waals surface area contributed by atoms with E-state index in [0.29, 0.717) is 5.56 Å². The Labute approximate surface area is 113 Å². The molecule has 6 heteroatoms. The first-order valence-electron chi connectivity index (χ1n) is 5.70. The first-order valence-corrected chi connectivity index (χ1v) is 5.70. The van der Waals surface area contributed by atoms with E-state index in [1.165, 1.54) is 0 Å². The van der Waals surface area contributed by atoms with Crippen LogP contribution < -0.4 is 0 Å². The Morgan fingerprint density at radius 2 is 1.74 bits per heavy atom. The molecule has 1 rings (SSSR count). The minimum absolute atomic E-state index is 0.472. The maximum atomic E-state index is 11.3. The SMILES string of the molecule is C=CB(O)O.CC(C)(C)OOC(=O)c1ccccc1. The second-order valence-corrected chi connectivity index (χ2v) is 4.58. The van der Waals surface area contributed by atoms with E-state index in [-0.39, 0.29) is 0 Å². The van der Waals surface area contributed by atoms with Crippen molar-refractivity contribution in [2.24, 2.45) is 0 Å². The maximum absolute atomic E-state index is 11.3. The van der Waals surface area contributed by atoms with Gasteiger partial charge in [-0.15, -0.1) is 6.58 Å². The molecule has 2 N–H and O–H groups in total. The van der Waals surface area contributed by atoms with Crippen molar-refractivity contribution >= 4 is 13.1 Å². The third kappa shape index (κ3) is 10.0. The van der Waals surface area contributed by atoms with Crippen LogP contribution in [0.4, 0.5) is 0 Å². The fraction of sp³-hybridized carbons (Fsp3) is 0.308. The van der Waals surface area contributed by atoms with Gasteiger partial charge in [0.2, 0.25) is 0 Å². The average Bonchev–Trinajstić information content (AvgIpc) is 2.37. The zero-order valence-corrected chi connectivity index (χ0v) is 11.4. The molecule has 0 fully saturated rings. The van der Waals surface area contributed by atoms with E-state index in [0.717, 1.165) is 5.98 Å². The molecule has 0 saturated heterocycles. The van der Waals surface area contributed by atoms with Gasteiger partial charge in [0, 0.05) is 0 Å². The van der Waals surface area contributed by atoms with Gasteiger partial charge >= 0.3 is 13.1 Å². The molecule has 0 aliphatic carbocycles. The predicted molar refractivity (Wildman–Crippen MR) is 73.1 cm³/mol. The standard InChI is InChI=1S/C11H14O3.C2H5BO2/c1-11(2,3)14-13-10(12)9-7-5-4-6-8-9;1-2-3(4)5/h4-8H,1-3H3;2,4-5H,1H2. The van der Waals surface area contributed by atoms with Crippen molar-refractivity contribution in [1.29, 1.82) is 0 Å². The Bertz CT molecular complexity index is 384. The lowest BCUT2D eigenvalue weighted by Crippen LogP contribution is -2.21. The van der Waals surface area contributed by atoms with Crippen LogP contribution in [0, 0.1) is 0 Å². The lowest BCUT2D eigenvalue weighted by molar-refractivity contribution is -0.301. The van der Waals surface area contributed by atoms with Crippen LogP contribution in [0.3, 0.4) is 0 Å². The van der Waals surface area contributed by atoms with Crippen molar-refractivity contribution in [3.8, 4) is 0 Å². The maximum Gasteiger partial charge on any atom is 0.480 e. The van der Waals surface area contributed by atoms with Gasteiger partial charge in [-0.1, -0.05) is 24.2 Å². The topological polar surface area (TPSA) is 76.0 Å². The lowest BCUT2D eigenvalue weighted by Gasteiger charge is -2.16. The molecule has 104 valence electrons. The van der Waals surface area contributed by atoms with E-state index in [4.69, 9.17) is 14.9 Å². The summed E-state index contributed by atoms with van der Waals surface area (Å²) in [7, 11) is -1.35. The van der Waals surface area contributed by atoms with Crippen molar-refractivity contribution < 1.29 is 24.6 Å². The summed E-state index contributed by atoms with van der Waals surface area (Å²) in [6.45, 7) is 8.49. The molecular weight excluding hydrogens is 247 g/mol. The lowest BCUT2D eigenvalue weighted by atomic mass is 9.94. The number of hydrogen-bond acceptors (Lipinski definition) is 5. The predicted octanol–water partition coefficient (Wildman–Crippen LogP) is 1.76. The van der Waals surface area contributed by atoms with Crippen molar-refractivity contribution in [2.45, 2.75) is 26.4 Å². The van der Waals surface area contributed by atoms with E-state index < -0.39 is 18.7 Å². The first kappa shape index (κ1) is 17.4. The van der Waals surface area contributed by atoms with Gasteiger partial charge in [-0.05, 0) is 32.9 Å². The minimum atomic E-state index is -1.35. The third-order valence-corrected chi connectivity index (χ3v) is 1.59. The summed E-state index contributed by atoms with van der Waals surface area (Å²) >= 11 is 0. The summed E-state index contributed by atoms with van der Waals surface area (Å²) in [5.74, 6) is 0.556. The summed E-state index contributed by atoms with van der Waals surface area (Å²) in [5, 5.41) is 15.6. The van der Waals surface area contributed by atoms with Crippen LogP contribution in [-0.2, 0) is 9.78 Å². The molecule has 1 aromatic carbocycles. The highest BCUT2D eigenvalue weighted by Crippen LogP contribution is 2.09. The molecule has 0 aromatic heterocycles. The van der Waals surface area contributed by atoms with Gasteiger partial charge in [0.25, 0.3) is 0 Å². The van der Waals surface area contributed by atoms with Crippen LogP contribution in [0.5, 0.6) is 0 Å². The molecule has 0 bridgehead atoms. The van der Waals surface area contributed by atoms with Crippen LogP contribution >= 0.6 is 0 Å². The fourth-order valence-electron chi connectivity index (χ4n) is 0.785. The Morgan fingerprint density at radius 1 is 1.26 bits per heavy atom. The number of carbonyl (C=O) groups is 1. The largest absolute Gasteiger partial charge is 0.480 e. The second kappa shape index (κ2) is 8.47. The molecule has 0 radical (unpaired) electrons. The van der Waals surface area contributed by atoms with Gasteiger partial charge in [-0.3, -0.25) is 4.89 Å². The summed E-state index contributed by atoms with van der Waals surface area (Å²) in [5.41, 5.74) is 0.00140. The highest BCUT2D eigenvalue weighted by atomic mass is 17.2. The number of hydrogen-bond donors (Lipinski definition) is 2. The van der Waals surface area contributed by atoms with Crippen LogP contribution in [0.1, 0.15) is 31.1 Å². The van der Waals surface area contributed by atoms with Gasteiger partial charge in [0.1, 0.15) is 5.60 Å². The van der Waals surface area contributed by atoms with Gasteiger partial charge in [0.15, 0.2) is 0 Å². The molecule has 0 heterocycles. The fourth-order valence-corrected chi connectivity index (χ4v) is 0.785. The molecule has 0 amide bonds. The molecule has 19 heavy (non-hydrogen) atoms. The molecule has 1 aromatic rings. The Morgan fingerprint density at radius 3 is 2.11 bits per heavy atom. The van der Waals surface area contributed by atoms with Crippen LogP contribution in [0.25, 0.3) is 0 Å². The quantitative estimate of drug-likeness (QED) is 0.495.